The summed E-state index contributed by atoms with van der Waals surface area (Å²) in [6.07, 6.45) is -7.61. The lowest BCUT2D eigenvalue weighted by molar-refractivity contribution is -0.230. The Bertz CT molecular complexity index is 829. The van der Waals surface area contributed by atoms with Gasteiger partial charge in [-0.15, -0.1) is 11.8 Å². The topological polar surface area (TPSA) is 84.5 Å². The fraction of sp³-hybridized carbons (Fsp3) is 0.526. The van der Waals surface area contributed by atoms with Gasteiger partial charge >= 0.3 is 12.4 Å². The molecule has 3 N–H and O–H groups in total. The van der Waals surface area contributed by atoms with E-state index in [0.29, 0.717) is 42.8 Å². The van der Waals surface area contributed by atoms with Crippen LogP contribution in [0.4, 0.5) is 26.3 Å². The summed E-state index contributed by atoms with van der Waals surface area (Å²) in [5, 5.41) is 38.7. The minimum absolute atomic E-state index is 0.153. The van der Waals surface area contributed by atoms with Crippen molar-refractivity contribution in [3.63, 3.8) is 0 Å². The number of halogens is 6. The number of aliphatic hydroxyl groups is 3. The lowest BCUT2D eigenvalue weighted by Gasteiger charge is -2.38. The molecule has 1 aromatic rings. The first kappa shape index (κ1) is 24.5. The summed E-state index contributed by atoms with van der Waals surface area (Å²) in [6, 6.07) is 3.72. The number of alkyl halides is 6. The van der Waals surface area contributed by atoms with Crippen molar-refractivity contribution in [3.8, 4) is 6.07 Å². The van der Waals surface area contributed by atoms with Crippen LogP contribution in [-0.4, -0.2) is 43.9 Å². The molecule has 1 aliphatic rings. The van der Waals surface area contributed by atoms with Crippen molar-refractivity contribution in [3.05, 3.63) is 41.0 Å². The molecule has 2 unspecified atom stereocenters. The molecule has 4 nitrogen and oxygen atoms in total. The van der Waals surface area contributed by atoms with E-state index in [4.69, 9.17) is 5.26 Å². The van der Waals surface area contributed by atoms with Gasteiger partial charge in [-0.3, -0.25) is 0 Å². The van der Waals surface area contributed by atoms with Crippen molar-refractivity contribution in [2.45, 2.75) is 54.7 Å². The highest BCUT2D eigenvalue weighted by Crippen LogP contribution is 2.40. The summed E-state index contributed by atoms with van der Waals surface area (Å²) >= 11 is 0.386. The van der Waals surface area contributed by atoms with Gasteiger partial charge in [-0.05, 0) is 43.0 Å². The molecule has 0 heterocycles. The molecule has 0 aromatic heterocycles. The molecule has 0 bridgehead atoms. The fourth-order valence-corrected chi connectivity index (χ4v) is 3.99. The van der Waals surface area contributed by atoms with Crippen LogP contribution < -0.4 is 0 Å². The number of thioether (sulfide) groups is 1. The Hall–Kier alpha value is -1.74. The quantitative estimate of drug-likeness (QED) is 0.423. The van der Waals surface area contributed by atoms with Crippen molar-refractivity contribution in [1.82, 2.24) is 0 Å². The van der Waals surface area contributed by atoms with Gasteiger partial charge in [0.15, 0.2) is 5.60 Å². The number of aliphatic hydroxyl groups excluding tert-OH is 1. The van der Waals surface area contributed by atoms with Crippen LogP contribution in [0.5, 0.6) is 0 Å². The maximum Gasteiger partial charge on any atom is 0.421 e. The third-order valence-corrected chi connectivity index (χ3v) is 6.00. The molecule has 1 aliphatic carbocycles. The van der Waals surface area contributed by atoms with Gasteiger partial charge in [0.05, 0.1) is 22.8 Å². The van der Waals surface area contributed by atoms with Crippen LogP contribution in [-0.2, 0) is 6.18 Å². The number of hydrogen-bond acceptors (Lipinski definition) is 5. The SMILES string of the molecule is N#Cc1ccc(C=CC(O)(CSC(O)CC2(O)CCC2)C(F)(F)F)cc1C(F)(F)F. The minimum atomic E-state index is -5.16. The van der Waals surface area contributed by atoms with Gasteiger partial charge in [-0.1, -0.05) is 12.1 Å². The molecule has 2 rings (SSSR count). The maximum absolute atomic E-state index is 13.4. The minimum Gasteiger partial charge on any atom is -0.390 e. The van der Waals surface area contributed by atoms with E-state index in [2.05, 4.69) is 0 Å². The molecule has 0 aliphatic heterocycles. The Labute approximate surface area is 172 Å². The van der Waals surface area contributed by atoms with E-state index >= 15 is 0 Å². The molecular formula is C19H19F6NO3S. The second kappa shape index (κ2) is 8.78. The zero-order valence-corrected chi connectivity index (χ0v) is 16.3. The highest BCUT2D eigenvalue weighted by atomic mass is 32.2. The van der Waals surface area contributed by atoms with E-state index in [1.807, 2.05) is 0 Å². The van der Waals surface area contributed by atoms with E-state index in [1.165, 1.54) is 6.07 Å². The van der Waals surface area contributed by atoms with Gasteiger partial charge in [-0.25, -0.2) is 0 Å². The normalized spacial score (nSPS) is 19.7. The Morgan fingerprint density at radius 3 is 2.30 bits per heavy atom. The van der Waals surface area contributed by atoms with Gasteiger partial charge in [0.25, 0.3) is 0 Å². The van der Waals surface area contributed by atoms with Crippen molar-refractivity contribution in [2.75, 3.05) is 5.75 Å². The van der Waals surface area contributed by atoms with Crippen LogP contribution in [0.2, 0.25) is 0 Å². The summed E-state index contributed by atoms with van der Waals surface area (Å²) in [5.74, 6) is -1.02. The van der Waals surface area contributed by atoms with Crippen molar-refractivity contribution in [1.29, 1.82) is 5.26 Å². The Kier molecular flexibility index (Phi) is 7.18. The molecule has 2 atom stereocenters. The third kappa shape index (κ3) is 5.91. The molecule has 166 valence electrons. The van der Waals surface area contributed by atoms with Gasteiger partial charge in [0.2, 0.25) is 0 Å². The number of benzene rings is 1. The third-order valence-electron chi connectivity index (χ3n) is 4.85. The molecule has 0 saturated heterocycles. The van der Waals surface area contributed by atoms with E-state index < -0.39 is 45.9 Å². The fourth-order valence-electron chi connectivity index (χ4n) is 2.85. The van der Waals surface area contributed by atoms with Crippen molar-refractivity contribution >= 4 is 17.8 Å². The molecule has 0 radical (unpaired) electrons. The van der Waals surface area contributed by atoms with E-state index in [1.54, 1.807) is 0 Å². The zero-order valence-electron chi connectivity index (χ0n) is 15.5. The zero-order chi connectivity index (χ0) is 22.8. The Morgan fingerprint density at radius 1 is 1.20 bits per heavy atom. The smallest absolute Gasteiger partial charge is 0.390 e. The molecule has 0 spiro atoms. The summed E-state index contributed by atoms with van der Waals surface area (Å²) in [6.45, 7) is 0. The van der Waals surface area contributed by atoms with E-state index in [0.717, 1.165) is 18.6 Å². The highest BCUT2D eigenvalue weighted by Gasteiger charge is 2.52. The van der Waals surface area contributed by atoms with Crippen molar-refractivity contribution < 1.29 is 41.7 Å². The largest absolute Gasteiger partial charge is 0.421 e. The molecule has 1 fully saturated rings. The van der Waals surface area contributed by atoms with Crippen molar-refractivity contribution in [2.24, 2.45) is 0 Å². The lowest BCUT2D eigenvalue weighted by atomic mass is 9.78. The van der Waals surface area contributed by atoms with Gasteiger partial charge < -0.3 is 15.3 Å². The van der Waals surface area contributed by atoms with Gasteiger partial charge in [-0.2, -0.15) is 31.6 Å². The number of nitrogens with zero attached hydrogens (tertiary/aromatic N) is 1. The van der Waals surface area contributed by atoms with Crippen LogP contribution >= 0.6 is 11.8 Å². The summed E-state index contributed by atoms with van der Waals surface area (Å²) in [7, 11) is 0. The van der Waals surface area contributed by atoms with Crippen LogP contribution in [0.15, 0.2) is 24.3 Å². The first-order valence-electron chi connectivity index (χ1n) is 8.81. The van der Waals surface area contributed by atoms with Crippen LogP contribution in [0.25, 0.3) is 6.08 Å². The molecule has 0 amide bonds. The molecule has 1 saturated carbocycles. The monoisotopic (exact) mass is 455 g/mol. The lowest BCUT2D eigenvalue weighted by Crippen LogP contribution is -2.46. The predicted molar refractivity (Wildman–Crippen MR) is 98.1 cm³/mol. The first-order chi connectivity index (χ1) is 13.7. The summed E-state index contributed by atoms with van der Waals surface area (Å²) in [5.41, 5.74) is -8.19. The maximum atomic E-state index is 13.4. The number of hydrogen-bond donors (Lipinski definition) is 3. The molecule has 30 heavy (non-hydrogen) atoms. The van der Waals surface area contributed by atoms with Gasteiger partial charge in [0, 0.05) is 12.2 Å². The Balaban J connectivity index is 2.19. The van der Waals surface area contributed by atoms with Crippen LogP contribution in [0, 0.1) is 11.3 Å². The molecular weight excluding hydrogens is 436 g/mol. The summed E-state index contributed by atoms with van der Waals surface area (Å²) in [4.78, 5) is 0. The van der Waals surface area contributed by atoms with Crippen LogP contribution in [0.3, 0.4) is 0 Å². The first-order valence-corrected chi connectivity index (χ1v) is 9.86. The second-order valence-corrected chi connectivity index (χ2v) is 8.38. The second-order valence-electron chi connectivity index (χ2n) is 7.22. The predicted octanol–water partition coefficient (Wildman–Crippen LogP) is 4.24. The van der Waals surface area contributed by atoms with E-state index in [-0.39, 0.29) is 12.0 Å². The van der Waals surface area contributed by atoms with Crippen LogP contribution in [0.1, 0.15) is 42.4 Å². The van der Waals surface area contributed by atoms with E-state index in [9.17, 15) is 41.7 Å². The summed E-state index contributed by atoms with van der Waals surface area (Å²) < 4.78 is 79.2. The average Bonchev–Trinajstić information content (AvgIpc) is 2.61. The average molecular weight is 455 g/mol. The molecule has 1 aromatic carbocycles. The Morgan fingerprint density at radius 2 is 1.83 bits per heavy atom. The van der Waals surface area contributed by atoms with Gasteiger partial charge in [0.1, 0.15) is 5.44 Å². The standard InChI is InChI=1S/C19H19F6NO3S/c20-18(21,22)14-8-12(2-3-13(14)10-26)4-7-17(29,19(23,24)25)11-30-15(27)9-16(28)5-1-6-16/h2-4,7-8,15,27-29H,1,5-6,9,11H2. The number of nitriles is 1. The number of rotatable bonds is 7. The highest BCUT2D eigenvalue weighted by molar-refractivity contribution is 7.99. The molecule has 11 heteroatoms.